The van der Waals surface area contributed by atoms with E-state index in [9.17, 15) is 9.59 Å². The third-order valence-electron chi connectivity index (χ3n) is 2.97. The Morgan fingerprint density at radius 2 is 1.86 bits per heavy atom. The van der Waals surface area contributed by atoms with Gasteiger partial charge >= 0.3 is 11.9 Å². The van der Waals surface area contributed by atoms with E-state index in [0.717, 1.165) is 5.57 Å². The van der Waals surface area contributed by atoms with Crippen LogP contribution in [-0.4, -0.2) is 22.2 Å². The van der Waals surface area contributed by atoms with Crippen LogP contribution >= 0.6 is 0 Å². The number of allylic oxidation sites excluding steroid dienone is 2. The Morgan fingerprint density at radius 3 is 2.36 bits per heavy atom. The van der Waals surface area contributed by atoms with Gasteiger partial charge < -0.3 is 10.2 Å². The molecule has 0 aromatic carbocycles. The number of carboxylic acids is 2. The van der Waals surface area contributed by atoms with Crippen LogP contribution in [0, 0.1) is 11.8 Å². The van der Waals surface area contributed by atoms with Gasteiger partial charge in [0.05, 0.1) is 11.1 Å². The quantitative estimate of drug-likeness (QED) is 0.644. The van der Waals surface area contributed by atoms with Crippen LogP contribution in [0.25, 0.3) is 0 Å². The van der Waals surface area contributed by atoms with Crippen LogP contribution in [0.15, 0.2) is 22.8 Å². The van der Waals surface area contributed by atoms with Crippen LogP contribution in [0.4, 0.5) is 0 Å². The van der Waals surface area contributed by atoms with E-state index in [2.05, 4.69) is 0 Å². The Bertz CT molecular complexity index is 389. The lowest BCUT2D eigenvalue weighted by molar-refractivity contribution is -0.136. The first-order chi connectivity index (χ1) is 6.52. The zero-order chi connectivity index (χ0) is 10.5. The third kappa shape index (κ3) is 0.999. The lowest BCUT2D eigenvalue weighted by atomic mass is 9.92. The van der Waals surface area contributed by atoms with Crippen molar-refractivity contribution in [1.29, 1.82) is 0 Å². The molecule has 0 aliphatic heterocycles. The molecule has 0 saturated carbocycles. The molecule has 0 fully saturated rings. The summed E-state index contributed by atoms with van der Waals surface area (Å²) in [5, 5.41) is 17.8. The molecule has 0 aromatic rings. The van der Waals surface area contributed by atoms with E-state index in [1.54, 1.807) is 0 Å². The fourth-order valence-corrected chi connectivity index (χ4v) is 2.41. The van der Waals surface area contributed by atoms with Gasteiger partial charge in [0.25, 0.3) is 0 Å². The SMILES string of the molecule is CC1=CC2CC1C(C(=O)O)=C2C(=O)O. The zero-order valence-electron chi connectivity index (χ0n) is 7.65. The maximum atomic E-state index is 10.9. The van der Waals surface area contributed by atoms with E-state index in [1.165, 1.54) is 0 Å². The minimum Gasteiger partial charge on any atom is -0.478 e. The molecule has 2 unspecified atom stereocenters. The highest BCUT2D eigenvalue weighted by Gasteiger charge is 2.44. The van der Waals surface area contributed by atoms with Crippen molar-refractivity contribution in [2.75, 3.05) is 0 Å². The fourth-order valence-electron chi connectivity index (χ4n) is 2.41. The summed E-state index contributed by atoms with van der Waals surface area (Å²) in [5.74, 6) is -2.56. The zero-order valence-corrected chi connectivity index (χ0v) is 7.65. The Morgan fingerprint density at radius 1 is 1.29 bits per heavy atom. The molecule has 2 aliphatic carbocycles. The Kier molecular flexibility index (Phi) is 1.74. The summed E-state index contributed by atoms with van der Waals surface area (Å²) in [6.07, 6.45) is 2.48. The van der Waals surface area contributed by atoms with Crippen molar-refractivity contribution < 1.29 is 19.8 Å². The minimum atomic E-state index is -1.10. The van der Waals surface area contributed by atoms with E-state index >= 15 is 0 Å². The first kappa shape index (κ1) is 8.99. The Labute approximate surface area is 80.5 Å². The van der Waals surface area contributed by atoms with Gasteiger partial charge in [0.1, 0.15) is 0 Å². The molecule has 2 rings (SSSR count). The van der Waals surface area contributed by atoms with Crippen molar-refractivity contribution in [3.05, 3.63) is 22.8 Å². The van der Waals surface area contributed by atoms with Gasteiger partial charge in [-0.25, -0.2) is 9.59 Å². The van der Waals surface area contributed by atoms with Crippen LogP contribution in [-0.2, 0) is 9.59 Å². The molecule has 0 spiro atoms. The highest BCUT2D eigenvalue weighted by molar-refractivity contribution is 6.02. The number of carbonyl (C=O) groups is 2. The molecule has 0 radical (unpaired) electrons. The number of aliphatic carboxylic acids is 2. The van der Waals surface area contributed by atoms with Gasteiger partial charge in [-0.3, -0.25) is 0 Å². The summed E-state index contributed by atoms with van der Waals surface area (Å²) in [5.41, 5.74) is 1.15. The topological polar surface area (TPSA) is 74.6 Å². The van der Waals surface area contributed by atoms with E-state index in [4.69, 9.17) is 10.2 Å². The Hall–Kier alpha value is -1.58. The van der Waals surface area contributed by atoms with E-state index < -0.39 is 11.9 Å². The van der Waals surface area contributed by atoms with Crippen LogP contribution in [0.3, 0.4) is 0 Å². The summed E-state index contributed by atoms with van der Waals surface area (Å²) in [6, 6.07) is 0. The summed E-state index contributed by atoms with van der Waals surface area (Å²) in [7, 11) is 0. The van der Waals surface area contributed by atoms with Gasteiger partial charge in [-0.2, -0.15) is 0 Å². The summed E-state index contributed by atoms with van der Waals surface area (Å²) in [6.45, 7) is 1.85. The molecular formula is C10H10O4. The highest BCUT2D eigenvalue weighted by atomic mass is 16.4. The molecule has 0 aromatic heterocycles. The van der Waals surface area contributed by atoms with E-state index in [1.807, 2.05) is 13.0 Å². The van der Waals surface area contributed by atoms with Crippen molar-refractivity contribution in [2.45, 2.75) is 13.3 Å². The number of hydrogen-bond acceptors (Lipinski definition) is 2. The molecule has 2 aliphatic rings. The monoisotopic (exact) mass is 194 g/mol. The lowest BCUT2D eigenvalue weighted by Gasteiger charge is -2.12. The van der Waals surface area contributed by atoms with Crippen molar-refractivity contribution in [2.24, 2.45) is 11.8 Å². The molecular weight excluding hydrogens is 184 g/mol. The van der Waals surface area contributed by atoms with Gasteiger partial charge in [0.15, 0.2) is 0 Å². The van der Waals surface area contributed by atoms with E-state index in [0.29, 0.717) is 6.42 Å². The molecule has 0 heterocycles. The number of fused-ring (bicyclic) bond motifs is 2. The molecule has 2 bridgehead atoms. The van der Waals surface area contributed by atoms with Crippen LogP contribution in [0.2, 0.25) is 0 Å². The number of hydrogen-bond donors (Lipinski definition) is 2. The van der Waals surface area contributed by atoms with Gasteiger partial charge in [-0.15, -0.1) is 0 Å². The van der Waals surface area contributed by atoms with Crippen LogP contribution < -0.4 is 0 Å². The molecule has 74 valence electrons. The molecule has 14 heavy (non-hydrogen) atoms. The summed E-state index contributed by atoms with van der Waals surface area (Å²) in [4.78, 5) is 21.8. The second-order valence-electron chi connectivity index (χ2n) is 3.74. The van der Waals surface area contributed by atoms with Crippen LogP contribution in [0.5, 0.6) is 0 Å². The predicted molar refractivity (Wildman–Crippen MR) is 47.7 cm³/mol. The standard InChI is InChI=1S/C10H10O4/c1-4-2-5-3-6(4)8(10(13)14)7(5)9(11)12/h2,5-6H,3H2,1H3,(H,11,12)(H,13,14). The minimum absolute atomic E-state index is 0.0769. The maximum Gasteiger partial charge on any atom is 0.332 e. The van der Waals surface area contributed by atoms with Gasteiger partial charge in [0.2, 0.25) is 0 Å². The largest absolute Gasteiger partial charge is 0.478 e. The first-order valence-corrected chi connectivity index (χ1v) is 4.41. The van der Waals surface area contributed by atoms with E-state index in [-0.39, 0.29) is 23.0 Å². The molecule has 0 saturated heterocycles. The second kappa shape index (κ2) is 2.70. The predicted octanol–water partition coefficient (Wildman–Crippen LogP) is 1.05. The summed E-state index contributed by atoms with van der Waals surface area (Å²) < 4.78 is 0. The molecule has 4 heteroatoms. The second-order valence-corrected chi connectivity index (χ2v) is 3.74. The highest BCUT2D eigenvalue weighted by Crippen LogP contribution is 2.47. The van der Waals surface area contributed by atoms with Gasteiger partial charge in [-0.1, -0.05) is 11.6 Å². The molecule has 4 nitrogen and oxygen atoms in total. The molecule has 2 atom stereocenters. The Balaban J connectivity index is 2.50. The maximum absolute atomic E-state index is 10.9. The smallest absolute Gasteiger partial charge is 0.332 e. The van der Waals surface area contributed by atoms with Crippen molar-refractivity contribution in [3.8, 4) is 0 Å². The summed E-state index contributed by atoms with van der Waals surface area (Å²) >= 11 is 0. The average Bonchev–Trinajstić information content (AvgIpc) is 2.58. The van der Waals surface area contributed by atoms with Gasteiger partial charge in [0, 0.05) is 11.8 Å². The van der Waals surface area contributed by atoms with Crippen LogP contribution in [0.1, 0.15) is 13.3 Å². The van der Waals surface area contributed by atoms with Crippen molar-refractivity contribution >= 4 is 11.9 Å². The normalized spacial score (nSPS) is 29.4. The van der Waals surface area contributed by atoms with Crippen molar-refractivity contribution in [3.63, 3.8) is 0 Å². The molecule has 0 amide bonds. The first-order valence-electron chi connectivity index (χ1n) is 4.41. The molecule has 2 N–H and O–H groups in total. The van der Waals surface area contributed by atoms with Crippen molar-refractivity contribution in [1.82, 2.24) is 0 Å². The van der Waals surface area contributed by atoms with Gasteiger partial charge in [-0.05, 0) is 13.3 Å². The number of rotatable bonds is 2. The lowest BCUT2D eigenvalue weighted by Crippen LogP contribution is -2.16. The fraction of sp³-hybridized carbons (Fsp3) is 0.400. The average molecular weight is 194 g/mol. The number of carboxylic acid groups (broad SMARTS) is 2. The third-order valence-corrected chi connectivity index (χ3v) is 2.97.